The van der Waals surface area contributed by atoms with Gasteiger partial charge in [-0.3, -0.25) is 14.4 Å². The van der Waals surface area contributed by atoms with Gasteiger partial charge in [-0.25, -0.2) is 0 Å². The fraction of sp³-hybridized carbons (Fsp3) is 0.613. The van der Waals surface area contributed by atoms with E-state index >= 15 is 0 Å². The minimum Gasteiger partial charge on any atom is -0.393 e. The van der Waals surface area contributed by atoms with E-state index in [1.54, 1.807) is 6.08 Å². The van der Waals surface area contributed by atoms with Gasteiger partial charge in [0.15, 0.2) is 17.2 Å². The predicted molar refractivity (Wildman–Crippen MR) is 139 cm³/mol. The number of Topliss-reactive ketones (excluding diaryl/α,β-unsaturated/α-hetero) is 1. The van der Waals surface area contributed by atoms with E-state index in [0.717, 1.165) is 37.8 Å². The quantitative estimate of drug-likeness (QED) is 0.574. The van der Waals surface area contributed by atoms with Crippen LogP contribution in [-0.2, 0) is 20.8 Å². The number of carbonyl (C=O) groups is 2. The van der Waals surface area contributed by atoms with E-state index in [9.17, 15) is 19.8 Å². The normalized spacial score (nSPS) is 42.5. The number of aliphatic hydroxyl groups is 2. The molecule has 0 bridgehead atoms. The molecule has 6 nitrogen and oxygen atoms in total. The minimum atomic E-state index is -1.10. The Morgan fingerprint density at radius 1 is 1.22 bits per heavy atom. The monoisotopic (exact) mass is 505 g/mol. The molecule has 2 N–H and O–H groups in total. The van der Waals surface area contributed by atoms with Crippen LogP contribution in [0.5, 0.6) is 0 Å². The highest BCUT2D eigenvalue weighted by molar-refractivity contribution is 5.93. The largest absolute Gasteiger partial charge is 0.393 e. The fourth-order valence-corrected chi connectivity index (χ4v) is 9.21. The third kappa shape index (κ3) is 3.59. The van der Waals surface area contributed by atoms with Crippen LogP contribution in [-0.4, -0.2) is 58.2 Å². The number of hydrogen-bond acceptors (Lipinski definition) is 6. The summed E-state index contributed by atoms with van der Waals surface area (Å²) in [5.41, 5.74) is 0.405. The lowest BCUT2D eigenvalue weighted by atomic mass is 9.47. The molecule has 0 unspecified atom stereocenters. The minimum absolute atomic E-state index is 0.00789. The van der Waals surface area contributed by atoms with Crippen molar-refractivity contribution in [2.75, 3.05) is 19.7 Å². The van der Waals surface area contributed by atoms with Crippen molar-refractivity contribution in [1.29, 1.82) is 0 Å². The number of ketones is 2. The maximum atomic E-state index is 13.6. The highest BCUT2D eigenvalue weighted by Crippen LogP contribution is 2.70. The SMILES string of the molecule is C[C@]12C=CC(=O)CC1=CC[C@@H]1[C@@H]2[C@@H](O)C[C@@]2(C)[C@H]1C[C@H]1CN(CCCc3ccccc3)O[C@]12C(=O)CO. The number of allylic oxidation sites excluding steroid dienone is 4. The van der Waals surface area contributed by atoms with Gasteiger partial charge in [0, 0.05) is 42.2 Å². The van der Waals surface area contributed by atoms with E-state index in [4.69, 9.17) is 4.84 Å². The van der Waals surface area contributed by atoms with Crippen molar-refractivity contribution < 1.29 is 24.6 Å². The molecule has 1 aromatic carbocycles. The van der Waals surface area contributed by atoms with Crippen molar-refractivity contribution in [3.63, 3.8) is 0 Å². The van der Waals surface area contributed by atoms with Gasteiger partial charge in [0.2, 0.25) is 0 Å². The van der Waals surface area contributed by atoms with Crippen molar-refractivity contribution in [3.8, 4) is 0 Å². The summed E-state index contributed by atoms with van der Waals surface area (Å²) in [4.78, 5) is 32.3. The van der Waals surface area contributed by atoms with E-state index in [1.165, 1.54) is 5.56 Å². The van der Waals surface area contributed by atoms with Gasteiger partial charge in [0.25, 0.3) is 0 Å². The van der Waals surface area contributed by atoms with E-state index < -0.39 is 23.7 Å². The van der Waals surface area contributed by atoms with Gasteiger partial charge in [-0.1, -0.05) is 61.9 Å². The molecule has 1 heterocycles. The van der Waals surface area contributed by atoms with Crippen LogP contribution in [0.25, 0.3) is 0 Å². The summed E-state index contributed by atoms with van der Waals surface area (Å²) < 4.78 is 0. The molecular weight excluding hydrogens is 466 g/mol. The Morgan fingerprint density at radius 3 is 2.76 bits per heavy atom. The molecular formula is C31H39NO5. The fourth-order valence-electron chi connectivity index (χ4n) is 9.21. The lowest BCUT2D eigenvalue weighted by Gasteiger charge is -2.59. The average Bonchev–Trinajstić information content (AvgIpc) is 3.36. The molecule has 198 valence electrons. The Morgan fingerprint density at radius 2 is 2.00 bits per heavy atom. The van der Waals surface area contributed by atoms with E-state index in [0.29, 0.717) is 19.4 Å². The standard InChI is InChI=1S/C31H39NO5/c1-29-13-12-23(34)15-21(29)10-11-24-25-16-22-18-32(14-6-9-20-7-4-3-5-8-20)37-31(22,27(36)19-33)30(25,2)17-26(35)28(24)29/h3-5,7-8,10,12-13,22,24-26,28,33,35H,6,9,11,14-19H2,1-2H3/t22-,24-,25-,26-,28+,29-,30-,31-/m0/s1. The number of nitrogens with zero attached hydrogens (tertiary/aromatic N) is 1. The van der Waals surface area contributed by atoms with Gasteiger partial charge in [-0.2, -0.15) is 5.06 Å². The van der Waals surface area contributed by atoms with E-state index in [1.807, 2.05) is 17.2 Å². The van der Waals surface area contributed by atoms with Gasteiger partial charge in [-0.15, -0.1) is 0 Å². The molecule has 1 aliphatic heterocycles. The van der Waals surface area contributed by atoms with E-state index in [2.05, 4.69) is 44.2 Å². The molecule has 0 amide bonds. The van der Waals surface area contributed by atoms with Gasteiger partial charge in [0.05, 0.1) is 6.10 Å². The zero-order valence-corrected chi connectivity index (χ0v) is 21.9. The van der Waals surface area contributed by atoms with Crippen LogP contribution >= 0.6 is 0 Å². The Hall–Kier alpha value is -2.12. The zero-order chi connectivity index (χ0) is 26.0. The molecule has 1 aromatic rings. The lowest BCUT2D eigenvalue weighted by molar-refractivity contribution is -0.250. The van der Waals surface area contributed by atoms with Crippen LogP contribution in [0.1, 0.15) is 51.5 Å². The summed E-state index contributed by atoms with van der Waals surface area (Å²) in [6.45, 7) is 5.14. The van der Waals surface area contributed by atoms with Gasteiger partial charge in [0.1, 0.15) is 6.61 Å². The first-order valence-corrected chi connectivity index (χ1v) is 13.9. The third-order valence-electron chi connectivity index (χ3n) is 10.8. The average molecular weight is 506 g/mol. The van der Waals surface area contributed by atoms with Crippen molar-refractivity contribution in [2.45, 2.75) is 64.1 Å². The summed E-state index contributed by atoms with van der Waals surface area (Å²) in [5, 5.41) is 23.8. The van der Waals surface area contributed by atoms with Crippen molar-refractivity contribution in [3.05, 3.63) is 59.7 Å². The maximum Gasteiger partial charge on any atom is 0.192 e. The molecule has 3 fully saturated rings. The Bertz CT molecular complexity index is 1150. The van der Waals surface area contributed by atoms with Crippen molar-refractivity contribution in [1.82, 2.24) is 5.06 Å². The van der Waals surface area contributed by atoms with Crippen LogP contribution in [0.4, 0.5) is 0 Å². The van der Waals surface area contributed by atoms with Gasteiger partial charge >= 0.3 is 0 Å². The highest BCUT2D eigenvalue weighted by Gasteiger charge is 2.74. The molecule has 0 radical (unpaired) electrons. The van der Waals surface area contributed by atoms with Gasteiger partial charge in [-0.05, 0) is 55.6 Å². The van der Waals surface area contributed by atoms with Crippen molar-refractivity contribution >= 4 is 11.6 Å². The number of aryl methyl sites for hydroxylation is 1. The summed E-state index contributed by atoms with van der Waals surface area (Å²) in [7, 11) is 0. The summed E-state index contributed by atoms with van der Waals surface area (Å²) >= 11 is 0. The van der Waals surface area contributed by atoms with E-state index in [-0.39, 0.29) is 40.7 Å². The molecule has 37 heavy (non-hydrogen) atoms. The molecule has 0 spiro atoms. The number of rotatable bonds is 6. The van der Waals surface area contributed by atoms with Crippen molar-refractivity contribution in [2.24, 2.45) is 34.5 Å². The number of fused-ring (bicyclic) bond motifs is 7. The first-order valence-electron chi connectivity index (χ1n) is 13.9. The van der Waals surface area contributed by atoms with Crippen LogP contribution in [0.3, 0.4) is 0 Å². The molecule has 6 rings (SSSR count). The molecule has 0 aromatic heterocycles. The molecule has 8 atom stereocenters. The molecule has 5 aliphatic rings. The number of carbonyl (C=O) groups excluding carboxylic acids is 2. The van der Waals surface area contributed by atoms with Crippen LogP contribution < -0.4 is 0 Å². The summed E-state index contributed by atoms with van der Waals surface area (Å²) in [6.07, 6.45) is 9.74. The Kier molecular flexibility index (Phi) is 6.11. The molecule has 6 heteroatoms. The smallest absolute Gasteiger partial charge is 0.192 e. The van der Waals surface area contributed by atoms with Crippen LogP contribution in [0.2, 0.25) is 0 Å². The number of hydrogen-bond donors (Lipinski definition) is 2. The second kappa shape index (κ2) is 8.98. The number of benzene rings is 1. The molecule has 2 saturated carbocycles. The van der Waals surface area contributed by atoms with Crippen LogP contribution in [0.15, 0.2) is 54.1 Å². The topological polar surface area (TPSA) is 87.1 Å². The maximum absolute atomic E-state index is 13.6. The predicted octanol–water partition coefficient (Wildman–Crippen LogP) is 3.67. The van der Waals surface area contributed by atoms with Crippen LogP contribution in [0, 0.1) is 34.5 Å². The van der Waals surface area contributed by atoms with Gasteiger partial charge < -0.3 is 10.2 Å². The molecule has 1 saturated heterocycles. The Balaban J connectivity index is 1.27. The second-order valence-electron chi connectivity index (χ2n) is 12.5. The first kappa shape index (κ1) is 25.2. The third-order valence-corrected chi connectivity index (χ3v) is 10.8. The zero-order valence-electron chi connectivity index (χ0n) is 21.9. The highest BCUT2D eigenvalue weighted by atomic mass is 16.7. The number of hydroxylamine groups is 2. The number of aliphatic hydroxyl groups excluding tert-OH is 2. The summed E-state index contributed by atoms with van der Waals surface area (Å²) in [6, 6.07) is 10.4. The lowest BCUT2D eigenvalue weighted by Crippen LogP contribution is -2.63. The Labute approximate surface area is 219 Å². The summed E-state index contributed by atoms with van der Waals surface area (Å²) in [5.74, 6) is 0.280. The second-order valence-corrected chi connectivity index (χ2v) is 12.5. The first-order chi connectivity index (χ1) is 17.7. The molecule has 4 aliphatic carbocycles.